The zero-order valence-electron chi connectivity index (χ0n) is 15.7. The first-order valence-electron chi connectivity index (χ1n) is 9.32. The van der Waals surface area contributed by atoms with E-state index < -0.39 is 5.92 Å². The van der Waals surface area contributed by atoms with Gasteiger partial charge in [0.1, 0.15) is 5.82 Å². The van der Waals surface area contributed by atoms with Crippen molar-refractivity contribution in [2.75, 3.05) is 5.32 Å². The Balaban J connectivity index is 1.86. The maximum Gasteiger partial charge on any atom is 0.248 e. The number of rotatable bonds is 4. The van der Waals surface area contributed by atoms with E-state index in [1.165, 1.54) is 0 Å². The van der Waals surface area contributed by atoms with Crippen molar-refractivity contribution in [1.82, 2.24) is 9.78 Å². The van der Waals surface area contributed by atoms with Crippen LogP contribution >= 0.6 is 0 Å². The first-order valence-corrected chi connectivity index (χ1v) is 9.32. The number of alkyl halides is 2. The van der Waals surface area contributed by atoms with E-state index in [2.05, 4.69) is 5.32 Å². The summed E-state index contributed by atoms with van der Waals surface area (Å²) < 4.78 is 29.2. The maximum atomic E-state index is 13.6. The smallest absolute Gasteiger partial charge is 0.248 e. The number of carbonyl (C=O) groups is 1. The molecule has 4 nitrogen and oxygen atoms in total. The summed E-state index contributed by atoms with van der Waals surface area (Å²) in [7, 11) is 0. The van der Waals surface area contributed by atoms with Crippen molar-refractivity contribution < 1.29 is 13.6 Å². The molecule has 1 amide bonds. The van der Waals surface area contributed by atoms with Crippen LogP contribution in [0, 0.1) is 12.3 Å². The van der Waals surface area contributed by atoms with Crippen LogP contribution in [0.25, 0.3) is 0 Å². The molecule has 0 aromatic carbocycles. The standard InChI is InChI=1S/C19H29F2N3O/c1-12-16(13-8-9-19(20,21)10-13)23-24(14-6-5-7-14)17(12)22-15(25)11-18(2,3)4/h13-14H,5-11H2,1-4H3,(H,22,25). The van der Waals surface area contributed by atoms with Crippen LogP contribution in [0.15, 0.2) is 0 Å². The lowest BCUT2D eigenvalue weighted by Crippen LogP contribution is -2.25. The molecule has 2 saturated carbocycles. The summed E-state index contributed by atoms with van der Waals surface area (Å²) in [5.41, 5.74) is 1.50. The number of nitrogens with one attached hydrogen (secondary N) is 1. The second kappa shape index (κ2) is 6.36. The second-order valence-corrected chi connectivity index (χ2v) is 8.97. The van der Waals surface area contributed by atoms with Gasteiger partial charge in [-0.25, -0.2) is 13.5 Å². The van der Waals surface area contributed by atoms with E-state index in [-0.39, 0.29) is 36.1 Å². The molecular formula is C19H29F2N3O. The minimum atomic E-state index is -2.59. The fourth-order valence-corrected chi connectivity index (χ4v) is 3.81. The minimum Gasteiger partial charge on any atom is -0.311 e. The van der Waals surface area contributed by atoms with Gasteiger partial charge in [0.2, 0.25) is 11.8 Å². The molecular weight excluding hydrogens is 324 g/mol. The third-order valence-corrected chi connectivity index (χ3v) is 5.34. The highest BCUT2D eigenvalue weighted by Crippen LogP contribution is 2.46. The molecule has 1 unspecified atom stereocenters. The molecule has 1 atom stereocenters. The quantitative estimate of drug-likeness (QED) is 0.809. The molecule has 140 valence electrons. The van der Waals surface area contributed by atoms with Gasteiger partial charge >= 0.3 is 0 Å². The summed E-state index contributed by atoms with van der Waals surface area (Å²) in [6.45, 7) is 7.97. The van der Waals surface area contributed by atoms with Crippen LogP contribution in [0.4, 0.5) is 14.6 Å². The normalized spacial score (nSPS) is 23.5. The third-order valence-electron chi connectivity index (χ3n) is 5.34. The number of hydrogen-bond donors (Lipinski definition) is 1. The molecule has 0 radical (unpaired) electrons. The predicted octanol–water partition coefficient (Wildman–Crippen LogP) is 5.19. The number of carbonyl (C=O) groups excluding carboxylic acids is 1. The van der Waals surface area contributed by atoms with Crippen molar-refractivity contribution >= 4 is 11.7 Å². The predicted molar refractivity (Wildman–Crippen MR) is 94.1 cm³/mol. The van der Waals surface area contributed by atoms with Crippen molar-refractivity contribution in [3.8, 4) is 0 Å². The van der Waals surface area contributed by atoms with Gasteiger partial charge in [-0.05, 0) is 38.0 Å². The van der Waals surface area contributed by atoms with E-state index in [9.17, 15) is 13.6 Å². The Hall–Kier alpha value is -1.46. The second-order valence-electron chi connectivity index (χ2n) is 8.97. The Morgan fingerprint density at radius 3 is 2.48 bits per heavy atom. The van der Waals surface area contributed by atoms with Crippen molar-refractivity contribution in [2.24, 2.45) is 5.41 Å². The molecule has 2 aliphatic carbocycles. The van der Waals surface area contributed by atoms with E-state index in [0.29, 0.717) is 18.7 Å². The van der Waals surface area contributed by atoms with E-state index >= 15 is 0 Å². The number of halogens is 2. The van der Waals surface area contributed by atoms with E-state index in [0.717, 1.165) is 30.5 Å². The lowest BCUT2D eigenvalue weighted by molar-refractivity contribution is -0.117. The molecule has 2 fully saturated rings. The SMILES string of the molecule is Cc1c(C2CCC(F)(F)C2)nn(C2CCC2)c1NC(=O)CC(C)(C)C. The Morgan fingerprint density at radius 1 is 1.32 bits per heavy atom. The Kier molecular flexibility index (Phi) is 4.67. The molecule has 25 heavy (non-hydrogen) atoms. The van der Waals surface area contributed by atoms with Gasteiger partial charge in [-0.15, -0.1) is 0 Å². The van der Waals surface area contributed by atoms with Crippen molar-refractivity contribution in [3.05, 3.63) is 11.3 Å². The van der Waals surface area contributed by atoms with Gasteiger partial charge in [0.25, 0.3) is 0 Å². The lowest BCUT2D eigenvalue weighted by atomic mass is 9.92. The lowest BCUT2D eigenvalue weighted by Gasteiger charge is -2.28. The molecule has 1 N–H and O–H groups in total. The van der Waals surface area contributed by atoms with Crippen LogP contribution < -0.4 is 5.32 Å². The Morgan fingerprint density at radius 2 is 2.00 bits per heavy atom. The van der Waals surface area contributed by atoms with Crippen LogP contribution in [-0.4, -0.2) is 21.6 Å². The number of anilines is 1. The number of nitrogens with zero attached hydrogens (tertiary/aromatic N) is 2. The Labute approximate surface area is 148 Å². The average Bonchev–Trinajstić information content (AvgIpc) is 2.89. The van der Waals surface area contributed by atoms with Gasteiger partial charge < -0.3 is 5.32 Å². The summed E-state index contributed by atoms with van der Waals surface area (Å²) in [5, 5.41) is 7.72. The van der Waals surface area contributed by atoms with Crippen LogP contribution in [0.1, 0.15) is 88.9 Å². The van der Waals surface area contributed by atoms with E-state index in [1.807, 2.05) is 32.4 Å². The van der Waals surface area contributed by atoms with Gasteiger partial charge in [-0.1, -0.05) is 20.8 Å². The first-order chi connectivity index (χ1) is 11.6. The summed E-state index contributed by atoms with van der Waals surface area (Å²) in [6.07, 6.45) is 3.89. The average molecular weight is 353 g/mol. The summed E-state index contributed by atoms with van der Waals surface area (Å²) in [5.74, 6) is -2.13. The highest BCUT2D eigenvalue weighted by atomic mass is 19.3. The van der Waals surface area contributed by atoms with Gasteiger partial charge in [0, 0.05) is 30.7 Å². The molecule has 0 aliphatic heterocycles. The van der Waals surface area contributed by atoms with E-state index in [1.54, 1.807) is 0 Å². The van der Waals surface area contributed by atoms with Gasteiger partial charge in [0.15, 0.2) is 0 Å². The summed E-state index contributed by atoms with van der Waals surface area (Å²) >= 11 is 0. The molecule has 1 heterocycles. The van der Waals surface area contributed by atoms with E-state index in [4.69, 9.17) is 5.10 Å². The zero-order chi connectivity index (χ0) is 18.4. The molecule has 1 aromatic rings. The summed E-state index contributed by atoms with van der Waals surface area (Å²) in [6, 6.07) is 0.277. The third kappa shape index (κ3) is 4.04. The van der Waals surface area contributed by atoms with Crippen molar-refractivity contribution in [3.63, 3.8) is 0 Å². The molecule has 3 rings (SSSR count). The largest absolute Gasteiger partial charge is 0.311 e. The highest BCUT2D eigenvalue weighted by molar-refractivity contribution is 5.91. The first kappa shape index (κ1) is 18.3. The van der Waals surface area contributed by atoms with Crippen LogP contribution in [0.5, 0.6) is 0 Å². The zero-order valence-corrected chi connectivity index (χ0v) is 15.7. The number of amides is 1. The van der Waals surface area contributed by atoms with Gasteiger partial charge in [-0.2, -0.15) is 5.10 Å². The molecule has 0 spiro atoms. The van der Waals surface area contributed by atoms with Gasteiger partial charge in [0.05, 0.1) is 11.7 Å². The summed E-state index contributed by atoms with van der Waals surface area (Å²) in [4.78, 5) is 12.4. The molecule has 0 bridgehead atoms. The topological polar surface area (TPSA) is 46.9 Å². The van der Waals surface area contributed by atoms with Crippen molar-refractivity contribution in [2.45, 2.75) is 90.5 Å². The number of aromatic nitrogens is 2. The molecule has 1 aromatic heterocycles. The molecule has 2 aliphatic rings. The van der Waals surface area contributed by atoms with Crippen molar-refractivity contribution in [1.29, 1.82) is 0 Å². The molecule has 0 saturated heterocycles. The number of hydrogen-bond acceptors (Lipinski definition) is 2. The fourth-order valence-electron chi connectivity index (χ4n) is 3.81. The van der Waals surface area contributed by atoms with Crippen LogP contribution in [-0.2, 0) is 4.79 Å². The van der Waals surface area contributed by atoms with Crippen LogP contribution in [0.2, 0.25) is 0 Å². The van der Waals surface area contributed by atoms with Gasteiger partial charge in [-0.3, -0.25) is 4.79 Å². The molecule has 6 heteroatoms. The monoisotopic (exact) mass is 353 g/mol. The highest BCUT2D eigenvalue weighted by Gasteiger charge is 2.42. The fraction of sp³-hybridized carbons (Fsp3) is 0.789. The maximum absolute atomic E-state index is 13.6. The Bertz CT molecular complexity index is 656. The van der Waals surface area contributed by atoms with Crippen LogP contribution in [0.3, 0.4) is 0 Å². The minimum absolute atomic E-state index is 0.0422.